The summed E-state index contributed by atoms with van der Waals surface area (Å²) in [4.78, 5) is 34.5. The second-order valence-corrected chi connectivity index (χ2v) is 7.22. The maximum atomic E-state index is 12.8. The third-order valence-electron chi connectivity index (χ3n) is 4.54. The molecular weight excluding hydrogens is 346 g/mol. The molecule has 1 aliphatic heterocycles. The van der Waals surface area contributed by atoms with Gasteiger partial charge in [0, 0.05) is 36.7 Å². The molecule has 0 aromatic carbocycles. The molecule has 1 fully saturated rings. The molecule has 3 rings (SSSR count). The summed E-state index contributed by atoms with van der Waals surface area (Å²) in [6, 6.07) is 1.30. The summed E-state index contributed by atoms with van der Waals surface area (Å²) in [5.41, 5.74) is 8.15. The Labute approximate surface area is 158 Å². The summed E-state index contributed by atoms with van der Waals surface area (Å²) in [5.74, 6) is 0.281. The van der Waals surface area contributed by atoms with E-state index in [1.807, 2.05) is 33.8 Å². The number of carbonyl (C=O) groups is 2. The Hall–Kier alpha value is -2.97. The van der Waals surface area contributed by atoms with Gasteiger partial charge in [0.25, 0.3) is 11.9 Å². The van der Waals surface area contributed by atoms with Crippen LogP contribution in [0.5, 0.6) is 0 Å². The number of nitrogens with one attached hydrogen (secondary N) is 1. The zero-order chi connectivity index (χ0) is 19.7. The number of carbonyl (C=O) groups excluding carboxylic acids is 2. The van der Waals surface area contributed by atoms with E-state index in [1.54, 1.807) is 10.9 Å². The van der Waals surface area contributed by atoms with Gasteiger partial charge in [-0.3, -0.25) is 4.79 Å². The molecule has 1 unspecified atom stereocenters. The number of primary amides is 1. The highest BCUT2D eigenvalue weighted by Crippen LogP contribution is 2.20. The second kappa shape index (κ2) is 7.34. The molecule has 27 heavy (non-hydrogen) atoms. The SMILES string of the molecule is Cc1cc(C)nc(-n2cc(C(=O)NC3CCN(C(N)=O)C3)c(C(C)C)n2)n1. The molecule has 3 amide bonds. The van der Waals surface area contributed by atoms with Crippen molar-refractivity contribution in [3.63, 3.8) is 0 Å². The normalized spacial score (nSPS) is 16.8. The van der Waals surface area contributed by atoms with Crippen LogP contribution in [0.1, 0.15) is 53.6 Å². The largest absolute Gasteiger partial charge is 0.351 e. The summed E-state index contributed by atoms with van der Waals surface area (Å²) < 4.78 is 1.55. The third kappa shape index (κ3) is 4.07. The van der Waals surface area contributed by atoms with Crippen LogP contribution in [0.25, 0.3) is 5.95 Å². The first-order valence-corrected chi connectivity index (χ1v) is 9.02. The highest BCUT2D eigenvalue weighted by atomic mass is 16.2. The number of nitrogens with zero attached hydrogens (tertiary/aromatic N) is 5. The molecule has 0 aliphatic carbocycles. The van der Waals surface area contributed by atoms with Crippen molar-refractivity contribution in [3.05, 3.63) is 34.9 Å². The van der Waals surface area contributed by atoms with Crippen molar-refractivity contribution in [2.45, 2.75) is 46.1 Å². The fourth-order valence-electron chi connectivity index (χ4n) is 3.24. The van der Waals surface area contributed by atoms with Crippen molar-refractivity contribution >= 4 is 11.9 Å². The Morgan fingerprint density at radius 3 is 2.48 bits per heavy atom. The van der Waals surface area contributed by atoms with Crippen LogP contribution < -0.4 is 11.1 Å². The fourth-order valence-corrected chi connectivity index (χ4v) is 3.24. The molecule has 3 N–H and O–H groups in total. The van der Waals surface area contributed by atoms with Crippen LogP contribution in [0.15, 0.2) is 12.3 Å². The van der Waals surface area contributed by atoms with Gasteiger partial charge in [0.1, 0.15) is 0 Å². The van der Waals surface area contributed by atoms with E-state index in [2.05, 4.69) is 20.4 Å². The minimum atomic E-state index is -0.464. The van der Waals surface area contributed by atoms with Crippen molar-refractivity contribution in [2.75, 3.05) is 13.1 Å². The van der Waals surface area contributed by atoms with E-state index in [4.69, 9.17) is 5.73 Å². The van der Waals surface area contributed by atoms with Gasteiger partial charge in [0.15, 0.2) is 0 Å². The lowest BCUT2D eigenvalue weighted by Gasteiger charge is -2.14. The first kappa shape index (κ1) is 18.8. The number of rotatable bonds is 4. The van der Waals surface area contributed by atoms with E-state index in [1.165, 1.54) is 4.90 Å². The van der Waals surface area contributed by atoms with Gasteiger partial charge < -0.3 is 16.0 Å². The van der Waals surface area contributed by atoms with Crippen molar-refractivity contribution in [3.8, 4) is 5.95 Å². The minimum absolute atomic E-state index is 0.0589. The molecule has 3 heterocycles. The summed E-state index contributed by atoms with van der Waals surface area (Å²) in [5, 5.41) is 7.53. The Balaban J connectivity index is 1.85. The number of hydrogen-bond donors (Lipinski definition) is 2. The summed E-state index contributed by atoms with van der Waals surface area (Å²) >= 11 is 0. The van der Waals surface area contributed by atoms with Crippen molar-refractivity contribution in [1.29, 1.82) is 0 Å². The highest BCUT2D eigenvalue weighted by Gasteiger charge is 2.28. The van der Waals surface area contributed by atoms with Gasteiger partial charge in [-0.25, -0.2) is 19.4 Å². The van der Waals surface area contributed by atoms with Gasteiger partial charge in [-0.05, 0) is 32.3 Å². The maximum absolute atomic E-state index is 12.8. The molecule has 2 aromatic rings. The molecule has 1 saturated heterocycles. The molecule has 0 bridgehead atoms. The van der Waals surface area contributed by atoms with Crippen molar-refractivity contribution in [1.82, 2.24) is 30.0 Å². The van der Waals surface area contributed by atoms with Gasteiger partial charge in [-0.1, -0.05) is 13.8 Å². The van der Waals surface area contributed by atoms with E-state index in [-0.39, 0.29) is 17.9 Å². The minimum Gasteiger partial charge on any atom is -0.351 e. The Bertz CT molecular complexity index is 854. The smallest absolute Gasteiger partial charge is 0.314 e. The second-order valence-electron chi connectivity index (χ2n) is 7.22. The topological polar surface area (TPSA) is 119 Å². The molecule has 2 aromatic heterocycles. The Morgan fingerprint density at radius 1 is 1.26 bits per heavy atom. The molecule has 0 saturated carbocycles. The van der Waals surface area contributed by atoms with Crippen LogP contribution in [0.4, 0.5) is 4.79 Å². The van der Waals surface area contributed by atoms with Gasteiger partial charge in [-0.15, -0.1) is 0 Å². The molecule has 9 nitrogen and oxygen atoms in total. The number of likely N-dealkylation sites (tertiary alicyclic amines) is 1. The van der Waals surface area contributed by atoms with Crippen molar-refractivity contribution in [2.24, 2.45) is 5.73 Å². The third-order valence-corrected chi connectivity index (χ3v) is 4.54. The lowest BCUT2D eigenvalue weighted by Crippen LogP contribution is -2.40. The first-order chi connectivity index (χ1) is 12.7. The lowest BCUT2D eigenvalue weighted by atomic mass is 10.1. The number of aromatic nitrogens is 4. The fraction of sp³-hybridized carbons (Fsp3) is 0.500. The Morgan fingerprint density at radius 2 is 1.93 bits per heavy atom. The molecule has 144 valence electrons. The monoisotopic (exact) mass is 371 g/mol. The summed E-state index contributed by atoms with van der Waals surface area (Å²) in [7, 11) is 0. The predicted octanol–water partition coefficient (Wildman–Crippen LogP) is 1.29. The molecule has 1 aliphatic rings. The number of urea groups is 1. The molecular formula is C18H25N7O2. The first-order valence-electron chi connectivity index (χ1n) is 9.02. The lowest BCUT2D eigenvalue weighted by molar-refractivity contribution is 0.0936. The van der Waals surface area contributed by atoms with Crippen LogP contribution in [-0.4, -0.2) is 55.7 Å². The number of aryl methyl sites for hydroxylation is 2. The number of amides is 3. The van der Waals surface area contributed by atoms with Crippen LogP contribution in [0, 0.1) is 13.8 Å². The number of nitrogens with two attached hydrogens (primary N) is 1. The van der Waals surface area contributed by atoms with Crippen molar-refractivity contribution < 1.29 is 9.59 Å². The average Bonchev–Trinajstić information content (AvgIpc) is 3.20. The van der Waals surface area contributed by atoms with E-state index < -0.39 is 6.03 Å². The maximum Gasteiger partial charge on any atom is 0.314 e. The van der Waals surface area contributed by atoms with Crippen LogP contribution in [0.3, 0.4) is 0 Å². The standard InChI is InChI=1S/C18H25N7O2/c1-10(2)15-14(16(26)22-13-5-6-24(8-13)17(19)27)9-25(23-15)18-20-11(3)7-12(4)21-18/h7,9-10,13H,5-6,8H2,1-4H3,(H2,19,27)(H,22,26). The van der Waals surface area contributed by atoms with Crippen LogP contribution in [-0.2, 0) is 0 Å². The molecule has 9 heteroatoms. The van der Waals surface area contributed by atoms with Gasteiger partial charge in [0.2, 0.25) is 0 Å². The van der Waals surface area contributed by atoms with E-state index >= 15 is 0 Å². The summed E-state index contributed by atoms with van der Waals surface area (Å²) in [6.07, 6.45) is 2.35. The van der Waals surface area contributed by atoms with E-state index in [0.717, 1.165) is 11.4 Å². The molecule has 0 radical (unpaired) electrons. The average molecular weight is 371 g/mol. The Kier molecular flexibility index (Phi) is 5.11. The van der Waals surface area contributed by atoms with Gasteiger partial charge in [0.05, 0.1) is 11.3 Å². The van der Waals surface area contributed by atoms with Crippen LogP contribution >= 0.6 is 0 Å². The highest BCUT2D eigenvalue weighted by molar-refractivity contribution is 5.95. The summed E-state index contributed by atoms with van der Waals surface area (Å²) in [6.45, 7) is 8.72. The van der Waals surface area contributed by atoms with E-state index in [9.17, 15) is 9.59 Å². The molecule has 0 spiro atoms. The number of hydrogen-bond acceptors (Lipinski definition) is 5. The zero-order valence-electron chi connectivity index (χ0n) is 16.1. The predicted molar refractivity (Wildman–Crippen MR) is 99.7 cm³/mol. The zero-order valence-corrected chi connectivity index (χ0v) is 16.1. The van der Waals surface area contributed by atoms with Gasteiger partial charge in [-0.2, -0.15) is 5.10 Å². The molecule has 1 atom stereocenters. The van der Waals surface area contributed by atoms with Gasteiger partial charge >= 0.3 is 6.03 Å². The quantitative estimate of drug-likeness (QED) is 0.839. The van der Waals surface area contributed by atoms with E-state index in [0.29, 0.717) is 36.7 Å². The van der Waals surface area contributed by atoms with Crippen LogP contribution in [0.2, 0.25) is 0 Å².